The van der Waals surface area contributed by atoms with Crippen LogP contribution in [0.25, 0.3) is 5.69 Å². The lowest BCUT2D eigenvalue weighted by atomic mass is 10.1. The Labute approximate surface area is 170 Å². The van der Waals surface area contributed by atoms with E-state index in [-0.39, 0.29) is 17.4 Å². The lowest BCUT2D eigenvalue weighted by Gasteiger charge is -2.07. The number of amides is 1. The van der Waals surface area contributed by atoms with Crippen LogP contribution in [0.3, 0.4) is 0 Å². The first-order valence-electron chi connectivity index (χ1n) is 8.48. The van der Waals surface area contributed by atoms with E-state index in [9.17, 15) is 14.4 Å². The first-order chi connectivity index (χ1) is 14.0. The normalized spacial score (nSPS) is 10.4. The summed E-state index contributed by atoms with van der Waals surface area (Å²) in [6, 6.07) is 13.2. The van der Waals surface area contributed by atoms with E-state index in [1.54, 1.807) is 48.5 Å². The fourth-order valence-corrected chi connectivity index (χ4v) is 3.09. The van der Waals surface area contributed by atoms with Crippen LogP contribution in [-0.2, 0) is 9.53 Å². The number of anilines is 1. The van der Waals surface area contributed by atoms with Gasteiger partial charge in [0, 0.05) is 11.3 Å². The van der Waals surface area contributed by atoms with Crippen molar-refractivity contribution in [3.8, 4) is 5.69 Å². The molecule has 1 aromatic heterocycles. The number of carbonyl (C=O) groups excluding carboxylic acids is 3. The smallest absolute Gasteiger partial charge is 0.337 e. The van der Waals surface area contributed by atoms with Gasteiger partial charge in [0.1, 0.15) is 0 Å². The van der Waals surface area contributed by atoms with Crippen LogP contribution in [0.5, 0.6) is 0 Å². The highest BCUT2D eigenvalue weighted by Gasteiger charge is 2.13. The molecule has 1 N–H and O–H groups in total. The number of hydrogen-bond donors (Lipinski definition) is 1. The average molecular weight is 411 g/mol. The summed E-state index contributed by atoms with van der Waals surface area (Å²) in [4.78, 5) is 35.0. The molecule has 0 bridgehead atoms. The molecule has 29 heavy (non-hydrogen) atoms. The topological polar surface area (TPSA) is 116 Å². The van der Waals surface area contributed by atoms with Gasteiger partial charge in [0.25, 0.3) is 0 Å². The Kier molecular flexibility index (Phi) is 6.35. The highest BCUT2D eigenvalue weighted by molar-refractivity contribution is 7.99. The molecule has 1 amide bonds. The van der Waals surface area contributed by atoms with Crippen molar-refractivity contribution >= 4 is 35.1 Å². The minimum absolute atomic E-state index is 0.0371. The van der Waals surface area contributed by atoms with Crippen LogP contribution >= 0.6 is 11.8 Å². The van der Waals surface area contributed by atoms with E-state index in [0.29, 0.717) is 27.7 Å². The second-order valence-electron chi connectivity index (χ2n) is 5.88. The number of nitrogens with zero attached hydrogens (tertiary/aromatic N) is 4. The zero-order chi connectivity index (χ0) is 20.8. The van der Waals surface area contributed by atoms with Gasteiger partial charge in [-0.05, 0) is 65.9 Å². The Hall–Kier alpha value is -3.53. The maximum atomic E-state index is 12.2. The number of Topliss-reactive ketones (excluding diaryl/α,β-unsaturated/α-hetero) is 1. The summed E-state index contributed by atoms with van der Waals surface area (Å²) < 4.78 is 6.14. The molecule has 9 nitrogen and oxygen atoms in total. The Morgan fingerprint density at radius 2 is 1.69 bits per heavy atom. The zero-order valence-corrected chi connectivity index (χ0v) is 16.5. The van der Waals surface area contributed by atoms with Crippen molar-refractivity contribution < 1.29 is 19.1 Å². The average Bonchev–Trinajstić information content (AvgIpc) is 3.21. The summed E-state index contributed by atoms with van der Waals surface area (Å²) in [5.41, 5.74) is 2.23. The van der Waals surface area contributed by atoms with Gasteiger partial charge >= 0.3 is 5.97 Å². The standard InChI is InChI=1S/C19H17N5O4S/c1-12(25)13-3-7-15(8-4-13)20-17(26)11-29-19-21-22-23-24(19)16-9-5-14(6-10-16)18(27)28-2/h3-10H,11H2,1-2H3,(H,20,26). The predicted octanol–water partition coefficient (Wildman–Crippen LogP) is 2.38. The van der Waals surface area contributed by atoms with Gasteiger partial charge in [-0.1, -0.05) is 11.8 Å². The quantitative estimate of drug-likeness (QED) is 0.358. The van der Waals surface area contributed by atoms with Crippen LogP contribution in [0.1, 0.15) is 27.6 Å². The van der Waals surface area contributed by atoms with E-state index in [4.69, 9.17) is 0 Å². The van der Waals surface area contributed by atoms with Crippen LogP contribution in [0.2, 0.25) is 0 Å². The van der Waals surface area contributed by atoms with Crippen LogP contribution in [0, 0.1) is 0 Å². The van der Waals surface area contributed by atoms with Gasteiger partial charge in [0.15, 0.2) is 5.78 Å². The molecule has 0 saturated carbocycles. The molecule has 0 aliphatic rings. The van der Waals surface area contributed by atoms with E-state index >= 15 is 0 Å². The first-order valence-corrected chi connectivity index (χ1v) is 9.47. The highest BCUT2D eigenvalue weighted by Crippen LogP contribution is 2.19. The third-order valence-corrected chi connectivity index (χ3v) is 4.80. The van der Waals surface area contributed by atoms with Gasteiger partial charge in [-0.2, -0.15) is 4.68 Å². The molecule has 3 aromatic rings. The molecule has 2 aromatic carbocycles. The molecule has 3 rings (SSSR count). The number of hydrogen-bond acceptors (Lipinski definition) is 8. The summed E-state index contributed by atoms with van der Waals surface area (Å²) in [6.45, 7) is 1.48. The third-order valence-electron chi connectivity index (χ3n) is 3.88. The van der Waals surface area contributed by atoms with Gasteiger partial charge in [-0.3, -0.25) is 9.59 Å². The summed E-state index contributed by atoms with van der Waals surface area (Å²) in [5.74, 6) is -0.614. The summed E-state index contributed by atoms with van der Waals surface area (Å²) in [5, 5.41) is 14.7. The number of nitrogens with one attached hydrogen (secondary N) is 1. The second-order valence-corrected chi connectivity index (χ2v) is 6.82. The lowest BCUT2D eigenvalue weighted by molar-refractivity contribution is -0.113. The molecule has 0 unspecified atom stereocenters. The van der Waals surface area contributed by atoms with Crippen molar-refractivity contribution in [3.05, 3.63) is 59.7 Å². The largest absolute Gasteiger partial charge is 0.465 e. The van der Waals surface area contributed by atoms with Crippen molar-refractivity contribution in [1.82, 2.24) is 20.2 Å². The number of benzene rings is 2. The highest BCUT2D eigenvalue weighted by atomic mass is 32.2. The minimum Gasteiger partial charge on any atom is -0.465 e. The molecule has 0 radical (unpaired) electrons. The van der Waals surface area contributed by atoms with Crippen molar-refractivity contribution in [3.63, 3.8) is 0 Å². The number of rotatable bonds is 7. The van der Waals surface area contributed by atoms with Crippen LogP contribution in [-0.4, -0.2) is 50.7 Å². The summed E-state index contributed by atoms with van der Waals surface area (Å²) >= 11 is 1.17. The number of aromatic nitrogens is 4. The number of methoxy groups -OCH3 is 1. The van der Waals surface area contributed by atoms with Crippen molar-refractivity contribution in [1.29, 1.82) is 0 Å². The Balaban J connectivity index is 1.62. The van der Waals surface area contributed by atoms with Gasteiger partial charge in [-0.25, -0.2) is 4.79 Å². The molecule has 0 aliphatic carbocycles. The van der Waals surface area contributed by atoms with E-state index < -0.39 is 5.97 Å². The Morgan fingerprint density at radius 3 is 2.31 bits per heavy atom. The van der Waals surface area contributed by atoms with Crippen molar-refractivity contribution in [2.75, 3.05) is 18.2 Å². The van der Waals surface area contributed by atoms with Gasteiger partial charge in [0.2, 0.25) is 11.1 Å². The van der Waals surface area contributed by atoms with Crippen LogP contribution in [0.4, 0.5) is 5.69 Å². The zero-order valence-electron chi connectivity index (χ0n) is 15.7. The maximum absolute atomic E-state index is 12.2. The number of ketones is 1. The molecule has 148 valence electrons. The minimum atomic E-state index is -0.434. The number of carbonyl (C=O) groups is 3. The fourth-order valence-electron chi connectivity index (χ4n) is 2.40. The molecule has 0 saturated heterocycles. The summed E-state index contributed by atoms with van der Waals surface area (Å²) in [7, 11) is 1.31. The first kappa shape index (κ1) is 20.2. The maximum Gasteiger partial charge on any atom is 0.337 e. The van der Waals surface area contributed by atoms with E-state index in [1.807, 2.05) is 0 Å². The van der Waals surface area contributed by atoms with E-state index in [1.165, 1.54) is 30.5 Å². The van der Waals surface area contributed by atoms with Gasteiger partial charge in [-0.15, -0.1) is 5.10 Å². The monoisotopic (exact) mass is 411 g/mol. The Bertz CT molecular complexity index is 1030. The number of esters is 1. The molecule has 0 atom stereocenters. The van der Waals surface area contributed by atoms with Crippen LogP contribution in [0.15, 0.2) is 53.7 Å². The van der Waals surface area contributed by atoms with E-state index in [2.05, 4.69) is 25.6 Å². The molecule has 0 aliphatic heterocycles. The lowest BCUT2D eigenvalue weighted by Crippen LogP contribution is -2.14. The Morgan fingerprint density at radius 1 is 1.03 bits per heavy atom. The van der Waals surface area contributed by atoms with E-state index in [0.717, 1.165) is 0 Å². The molecular formula is C19H17N5O4S. The second kappa shape index (κ2) is 9.11. The van der Waals surface area contributed by atoms with Crippen molar-refractivity contribution in [2.45, 2.75) is 12.1 Å². The fraction of sp³-hybridized carbons (Fsp3) is 0.158. The molecular weight excluding hydrogens is 394 g/mol. The number of thioether (sulfide) groups is 1. The molecule has 10 heteroatoms. The van der Waals surface area contributed by atoms with Crippen molar-refractivity contribution in [2.24, 2.45) is 0 Å². The predicted molar refractivity (Wildman–Crippen MR) is 106 cm³/mol. The summed E-state index contributed by atoms with van der Waals surface area (Å²) in [6.07, 6.45) is 0. The molecule has 0 fully saturated rings. The molecule has 1 heterocycles. The number of ether oxygens (including phenoxy) is 1. The molecule has 0 spiro atoms. The SMILES string of the molecule is COC(=O)c1ccc(-n2nnnc2SCC(=O)Nc2ccc(C(C)=O)cc2)cc1. The number of tetrazole rings is 1. The van der Waals surface area contributed by atoms with Crippen LogP contribution < -0.4 is 5.32 Å². The van der Waals surface area contributed by atoms with Gasteiger partial charge < -0.3 is 10.1 Å². The third kappa shape index (κ3) is 5.05. The van der Waals surface area contributed by atoms with Gasteiger partial charge in [0.05, 0.1) is 24.1 Å².